The summed E-state index contributed by atoms with van der Waals surface area (Å²) in [6.07, 6.45) is 2.21. The first-order valence-corrected chi connectivity index (χ1v) is 9.54. The highest BCUT2D eigenvalue weighted by Gasteiger charge is 2.30. The van der Waals surface area contributed by atoms with Gasteiger partial charge in [0, 0.05) is 18.3 Å². The summed E-state index contributed by atoms with van der Waals surface area (Å²) in [6, 6.07) is 16.4. The van der Waals surface area contributed by atoms with Crippen molar-refractivity contribution in [3.05, 3.63) is 53.5 Å². The van der Waals surface area contributed by atoms with E-state index < -0.39 is 0 Å². The molecule has 2 heterocycles. The van der Waals surface area contributed by atoms with Crippen LogP contribution in [0.15, 0.2) is 48.5 Å². The van der Waals surface area contributed by atoms with Crippen LogP contribution in [0, 0.1) is 0 Å². The summed E-state index contributed by atoms with van der Waals surface area (Å²) >= 11 is 7.45. The Balaban J connectivity index is 1.55. The Labute approximate surface area is 156 Å². The molecule has 0 spiro atoms. The number of fused-ring (bicyclic) bond motifs is 1. The lowest BCUT2D eigenvalue weighted by Gasteiger charge is -2.26. The highest BCUT2D eigenvalue weighted by molar-refractivity contribution is 7.80. The van der Waals surface area contributed by atoms with Gasteiger partial charge in [-0.2, -0.15) is 0 Å². The van der Waals surface area contributed by atoms with E-state index in [1.165, 1.54) is 4.70 Å². The Morgan fingerprint density at radius 3 is 3.00 bits per heavy atom. The van der Waals surface area contributed by atoms with Crippen LogP contribution < -0.4 is 10.1 Å². The molecule has 1 atom stereocenters. The first kappa shape index (κ1) is 16.3. The molecule has 3 aromatic rings. The van der Waals surface area contributed by atoms with Crippen LogP contribution in [0.4, 0.5) is 5.69 Å². The summed E-state index contributed by atoms with van der Waals surface area (Å²) in [4.78, 5) is 7.09. The van der Waals surface area contributed by atoms with Crippen LogP contribution in [0.2, 0.25) is 0 Å². The minimum atomic E-state index is 0.253. The highest BCUT2D eigenvalue weighted by Crippen LogP contribution is 2.36. The molecular formula is C19H19N3OS2. The van der Waals surface area contributed by atoms with Gasteiger partial charge in [0.2, 0.25) is 0 Å². The number of methoxy groups -OCH3 is 1. The Morgan fingerprint density at radius 1 is 1.28 bits per heavy atom. The van der Waals surface area contributed by atoms with Crippen molar-refractivity contribution in [1.29, 1.82) is 0 Å². The van der Waals surface area contributed by atoms with E-state index in [0.717, 1.165) is 46.5 Å². The van der Waals surface area contributed by atoms with Crippen LogP contribution in [-0.4, -0.2) is 28.7 Å². The van der Waals surface area contributed by atoms with Crippen LogP contribution in [0.25, 0.3) is 10.2 Å². The molecule has 1 saturated heterocycles. The van der Waals surface area contributed by atoms with Gasteiger partial charge in [0.1, 0.15) is 10.8 Å². The monoisotopic (exact) mass is 369 g/mol. The molecule has 25 heavy (non-hydrogen) atoms. The number of anilines is 1. The van der Waals surface area contributed by atoms with Gasteiger partial charge in [0.05, 0.1) is 23.4 Å². The van der Waals surface area contributed by atoms with Gasteiger partial charge >= 0.3 is 0 Å². The van der Waals surface area contributed by atoms with Gasteiger partial charge in [-0.3, -0.25) is 0 Å². The minimum Gasteiger partial charge on any atom is -0.497 e. The second-order valence-electron chi connectivity index (χ2n) is 6.03. The fourth-order valence-electron chi connectivity index (χ4n) is 3.20. The Kier molecular flexibility index (Phi) is 4.55. The molecule has 0 amide bonds. The van der Waals surface area contributed by atoms with E-state index in [2.05, 4.69) is 28.4 Å². The fraction of sp³-hybridized carbons (Fsp3) is 0.263. The van der Waals surface area contributed by atoms with Crippen LogP contribution in [-0.2, 0) is 0 Å². The summed E-state index contributed by atoms with van der Waals surface area (Å²) < 4.78 is 6.51. The number of thiazole rings is 1. The van der Waals surface area contributed by atoms with Crippen LogP contribution in [0.1, 0.15) is 23.9 Å². The number of nitrogens with one attached hydrogen (secondary N) is 1. The molecule has 1 fully saturated rings. The summed E-state index contributed by atoms with van der Waals surface area (Å²) in [5, 5.41) is 5.24. The van der Waals surface area contributed by atoms with Gasteiger partial charge in [0.25, 0.3) is 0 Å². The van der Waals surface area contributed by atoms with Crippen LogP contribution >= 0.6 is 23.6 Å². The number of benzene rings is 2. The lowest BCUT2D eigenvalue weighted by atomic mass is 10.2. The van der Waals surface area contributed by atoms with Gasteiger partial charge < -0.3 is 15.0 Å². The zero-order chi connectivity index (χ0) is 17.2. The molecule has 0 radical (unpaired) electrons. The van der Waals surface area contributed by atoms with Gasteiger partial charge in [-0.1, -0.05) is 18.2 Å². The van der Waals surface area contributed by atoms with Crippen molar-refractivity contribution in [1.82, 2.24) is 9.88 Å². The summed E-state index contributed by atoms with van der Waals surface area (Å²) in [5.74, 6) is 0.817. The third kappa shape index (κ3) is 3.32. The number of aromatic nitrogens is 1. The second-order valence-corrected chi connectivity index (χ2v) is 7.48. The van der Waals surface area contributed by atoms with Crippen molar-refractivity contribution in [3.8, 4) is 5.75 Å². The van der Waals surface area contributed by atoms with Crippen molar-refractivity contribution in [2.24, 2.45) is 0 Å². The smallest absolute Gasteiger partial charge is 0.174 e. The molecule has 6 heteroatoms. The molecule has 1 aliphatic heterocycles. The number of ether oxygens (including phenoxy) is 1. The average Bonchev–Trinajstić information content (AvgIpc) is 3.28. The van der Waals surface area contributed by atoms with Crippen LogP contribution in [0.3, 0.4) is 0 Å². The molecule has 4 rings (SSSR count). The number of hydrogen-bond acceptors (Lipinski definition) is 4. The van der Waals surface area contributed by atoms with Gasteiger partial charge in [0.15, 0.2) is 5.11 Å². The van der Waals surface area contributed by atoms with E-state index in [1.54, 1.807) is 18.4 Å². The number of thiocarbonyl (C=S) groups is 1. The third-order valence-corrected chi connectivity index (χ3v) is 5.90. The summed E-state index contributed by atoms with van der Waals surface area (Å²) in [5.41, 5.74) is 2.01. The zero-order valence-corrected chi connectivity index (χ0v) is 15.6. The van der Waals surface area contributed by atoms with E-state index >= 15 is 0 Å². The molecule has 0 unspecified atom stereocenters. The van der Waals surface area contributed by atoms with Crippen molar-refractivity contribution < 1.29 is 4.74 Å². The molecule has 128 valence electrons. The lowest BCUT2D eigenvalue weighted by Crippen LogP contribution is -2.34. The predicted octanol–water partition coefficient (Wildman–Crippen LogP) is 4.84. The van der Waals surface area contributed by atoms with Gasteiger partial charge in [-0.15, -0.1) is 11.3 Å². The predicted molar refractivity (Wildman–Crippen MR) is 108 cm³/mol. The molecule has 0 saturated carbocycles. The van der Waals surface area contributed by atoms with Crippen molar-refractivity contribution >= 4 is 44.6 Å². The normalized spacial score (nSPS) is 17.0. The van der Waals surface area contributed by atoms with E-state index in [1.807, 2.05) is 30.3 Å². The third-order valence-electron chi connectivity index (χ3n) is 4.43. The molecule has 1 aromatic heterocycles. The molecule has 0 aliphatic carbocycles. The SMILES string of the molecule is COc1cccc(NC(=S)N2CCC[C@@H]2c2nc3ccccc3s2)c1. The first-order chi connectivity index (χ1) is 12.2. The molecular weight excluding hydrogens is 350 g/mol. The second kappa shape index (κ2) is 6.98. The maximum atomic E-state index is 5.68. The average molecular weight is 370 g/mol. The molecule has 1 aliphatic rings. The van der Waals surface area contributed by atoms with E-state index in [-0.39, 0.29) is 6.04 Å². The number of hydrogen-bond donors (Lipinski definition) is 1. The van der Waals surface area contributed by atoms with Crippen LogP contribution in [0.5, 0.6) is 5.75 Å². The van der Waals surface area contributed by atoms with E-state index in [9.17, 15) is 0 Å². The van der Waals surface area contributed by atoms with Crippen molar-refractivity contribution in [3.63, 3.8) is 0 Å². The highest BCUT2D eigenvalue weighted by atomic mass is 32.1. The molecule has 1 N–H and O–H groups in total. The summed E-state index contributed by atoms with van der Waals surface area (Å²) in [7, 11) is 1.67. The van der Waals surface area contributed by atoms with E-state index in [4.69, 9.17) is 21.9 Å². The van der Waals surface area contributed by atoms with Gasteiger partial charge in [-0.05, 0) is 49.3 Å². The maximum Gasteiger partial charge on any atom is 0.174 e. The largest absolute Gasteiger partial charge is 0.497 e. The van der Waals surface area contributed by atoms with Gasteiger partial charge in [-0.25, -0.2) is 4.98 Å². The lowest BCUT2D eigenvalue weighted by molar-refractivity contribution is 0.405. The fourth-order valence-corrected chi connectivity index (χ4v) is 4.65. The number of likely N-dealkylation sites (tertiary alicyclic amines) is 1. The quantitative estimate of drug-likeness (QED) is 0.669. The topological polar surface area (TPSA) is 37.4 Å². The number of nitrogens with zero attached hydrogens (tertiary/aromatic N) is 2. The molecule has 2 aromatic carbocycles. The summed E-state index contributed by atoms with van der Waals surface area (Å²) in [6.45, 7) is 0.955. The van der Waals surface area contributed by atoms with E-state index in [0.29, 0.717) is 0 Å². The molecule has 0 bridgehead atoms. The van der Waals surface area contributed by atoms with Crippen molar-refractivity contribution in [2.75, 3.05) is 19.0 Å². The minimum absolute atomic E-state index is 0.253. The number of para-hydroxylation sites is 1. The molecule has 4 nitrogen and oxygen atoms in total. The Hall–Kier alpha value is -2.18. The zero-order valence-electron chi connectivity index (χ0n) is 13.9. The standard InChI is InChI=1S/C19H19N3OS2/c1-23-14-7-4-6-13(12-14)20-19(24)22-11-5-9-16(22)18-21-15-8-2-3-10-17(15)25-18/h2-4,6-8,10,12,16H,5,9,11H2,1H3,(H,20,24)/t16-/m1/s1. The Morgan fingerprint density at radius 2 is 2.16 bits per heavy atom. The number of rotatable bonds is 3. The maximum absolute atomic E-state index is 5.68. The first-order valence-electron chi connectivity index (χ1n) is 8.32. The Bertz CT molecular complexity index is 875. The van der Waals surface area contributed by atoms with Crippen molar-refractivity contribution in [2.45, 2.75) is 18.9 Å².